The Hall–Kier alpha value is -0.240. The first-order chi connectivity index (χ1) is 7.26. The Labute approximate surface area is 84.5 Å². The van der Waals surface area contributed by atoms with Crippen LogP contribution < -0.4 is 0 Å². The molecule has 1 fully saturated rings. The topological polar surface area (TPSA) is 99.4 Å². The molecule has 1 heterocycles. The first kappa shape index (κ1) is 9.02. The van der Waals surface area contributed by atoms with Gasteiger partial charge in [0.25, 0.3) is 0 Å². The van der Waals surface area contributed by atoms with Gasteiger partial charge in [0.15, 0.2) is 6.29 Å². The van der Waals surface area contributed by atoms with Crippen LogP contribution in [0.25, 0.3) is 0 Å². The highest BCUT2D eigenvalue weighted by atomic mass is 16.7. The predicted molar refractivity (Wildman–Crippen MR) is 45.4 cm³/mol. The number of aliphatic hydroxyl groups is 4. The van der Waals surface area contributed by atoms with Gasteiger partial charge in [-0.1, -0.05) is 0 Å². The molecule has 5 atom stereocenters. The van der Waals surface area contributed by atoms with Crippen LogP contribution in [0.5, 0.6) is 0 Å². The van der Waals surface area contributed by atoms with E-state index in [1.165, 1.54) is 0 Å². The summed E-state index contributed by atoms with van der Waals surface area (Å²) >= 11 is 0. The van der Waals surface area contributed by atoms with E-state index in [9.17, 15) is 15.3 Å². The summed E-state index contributed by atoms with van der Waals surface area (Å²) in [7, 11) is 0. The van der Waals surface area contributed by atoms with Gasteiger partial charge in [0, 0.05) is 6.56 Å². The van der Waals surface area contributed by atoms with E-state index >= 15 is 0 Å². The first-order valence-electron chi connectivity index (χ1n) is 5.24. The summed E-state index contributed by atoms with van der Waals surface area (Å²) in [6.07, 6.45) is -7.13. The van der Waals surface area contributed by atoms with Crippen LogP contribution in [-0.4, -0.2) is 64.3 Å². The van der Waals surface area contributed by atoms with Crippen molar-refractivity contribution in [3.63, 3.8) is 0 Å². The maximum absolute atomic E-state index is 9.48. The third-order valence-electron chi connectivity index (χ3n) is 2.08. The van der Waals surface area contributed by atoms with Crippen molar-refractivity contribution in [2.75, 3.05) is 13.2 Å². The Morgan fingerprint density at radius 2 is 1.93 bits per heavy atom. The second-order valence-corrected chi connectivity index (χ2v) is 3.02. The molecule has 0 aromatic rings. The normalized spacial score (nSPS) is 47.1. The minimum Gasteiger partial charge on any atom is -0.394 e. The van der Waals surface area contributed by atoms with Crippen LogP contribution in [0.2, 0.25) is 0 Å². The minimum absolute atomic E-state index is 0.572. The van der Waals surface area contributed by atoms with Crippen molar-refractivity contribution >= 4 is 0 Å². The van der Waals surface area contributed by atoms with E-state index in [4.69, 9.17) is 17.3 Å². The molecule has 14 heavy (non-hydrogen) atoms. The Morgan fingerprint density at radius 3 is 2.43 bits per heavy atom. The lowest BCUT2D eigenvalue weighted by Gasteiger charge is -2.39. The van der Waals surface area contributed by atoms with Gasteiger partial charge in [0.1, 0.15) is 24.4 Å². The molecular formula is C8H16O6. The number of aliphatic hydroxyl groups excluding tert-OH is 4. The molecule has 4 N–H and O–H groups in total. The average molecular weight is 210 g/mol. The lowest BCUT2D eigenvalue weighted by Crippen LogP contribution is -2.59. The molecule has 0 amide bonds. The van der Waals surface area contributed by atoms with E-state index in [1.807, 2.05) is 0 Å². The van der Waals surface area contributed by atoms with Crippen molar-refractivity contribution in [1.82, 2.24) is 0 Å². The molecule has 1 saturated heterocycles. The lowest BCUT2D eigenvalue weighted by atomic mass is 9.99. The van der Waals surface area contributed by atoms with E-state index in [1.54, 1.807) is 0 Å². The molecule has 0 aromatic heterocycles. The third kappa shape index (κ3) is 2.22. The summed E-state index contributed by atoms with van der Waals surface area (Å²) in [6, 6.07) is 0. The third-order valence-corrected chi connectivity index (χ3v) is 2.08. The Bertz CT molecular complexity index is 231. The van der Waals surface area contributed by atoms with Crippen molar-refractivity contribution in [3.8, 4) is 0 Å². The molecule has 0 aromatic carbocycles. The molecular weight excluding hydrogens is 192 g/mol. The van der Waals surface area contributed by atoms with Crippen LogP contribution in [0.3, 0.4) is 0 Å². The van der Waals surface area contributed by atoms with Crippen molar-refractivity contribution < 1.29 is 32.6 Å². The zero-order chi connectivity index (χ0) is 12.5. The van der Waals surface area contributed by atoms with Crippen molar-refractivity contribution in [2.24, 2.45) is 0 Å². The van der Waals surface area contributed by atoms with Crippen LogP contribution >= 0.6 is 0 Å². The summed E-state index contributed by atoms with van der Waals surface area (Å²) in [5.74, 6) is 0. The van der Waals surface area contributed by atoms with E-state index in [0.717, 1.165) is 6.92 Å². The van der Waals surface area contributed by atoms with E-state index < -0.39 is 43.9 Å². The van der Waals surface area contributed by atoms with Gasteiger partial charge in [-0.05, 0) is 6.92 Å². The molecule has 0 saturated carbocycles. The molecule has 84 valence electrons. The summed E-state index contributed by atoms with van der Waals surface area (Å²) in [4.78, 5) is 0. The summed E-state index contributed by atoms with van der Waals surface area (Å²) in [5.41, 5.74) is 0. The van der Waals surface area contributed by atoms with E-state index in [0.29, 0.717) is 0 Å². The molecule has 1 rings (SSSR count). The van der Waals surface area contributed by atoms with Gasteiger partial charge in [-0.3, -0.25) is 0 Å². The standard InChI is InChI=1S/C8H16O6/c1-2-13-8-7(12)6(11)5(10)4(3-9)14-8/h4-12H,2-3H2,1H3/t4-,5+,6+,7-,8-/m1/s1/i2D2. The number of rotatable bonds is 3. The van der Waals surface area contributed by atoms with Gasteiger partial charge < -0.3 is 29.9 Å². The average Bonchev–Trinajstić information content (AvgIpc) is 2.17. The van der Waals surface area contributed by atoms with Crippen LogP contribution in [0.1, 0.15) is 9.67 Å². The van der Waals surface area contributed by atoms with Crippen LogP contribution in [0.4, 0.5) is 0 Å². The second-order valence-electron chi connectivity index (χ2n) is 3.02. The molecule has 1 aliphatic heterocycles. The highest BCUT2D eigenvalue weighted by Crippen LogP contribution is 2.21. The summed E-state index contributed by atoms with van der Waals surface area (Å²) in [5, 5.41) is 37.1. The van der Waals surface area contributed by atoms with E-state index in [2.05, 4.69) is 0 Å². The lowest BCUT2D eigenvalue weighted by molar-refractivity contribution is -0.300. The van der Waals surface area contributed by atoms with Gasteiger partial charge in [-0.2, -0.15) is 0 Å². The van der Waals surface area contributed by atoms with Gasteiger partial charge in [-0.15, -0.1) is 0 Å². The van der Waals surface area contributed by atoms with Crippen LogP contribution in [0.15, 0.2) is 0 Å². The highest BCUT2D eigenvalue weighted by molar-refractivity contribution is 4.88. The Kier molecular flexibility index (Phi) is 3.23. The summed E-state index contributed by atoms with van der Waals surface area (Å²) < 4.78 is 23.9. The quantitative estimate of drug-likeness (QED) is 0.423. The molecule has 0 radical (unpaired) electrons. The van der Waals surface area contributed by atoms with Gasteiger partial charge >= 0.3 is 0 Å². The smallest absolute Gasteiger partial charge is 0.186 e. The molecule has 6 nitrogen and oxygen atoms in total. The molecule has 0 unspecified atom stereocenters. The molecule has 0 bridgehead atoms. The zero-order valence-electron chi connectivity index (χ0n) is 9.70. The maximum atomic E-state index is 9.48. The zero-order valence-corrected chi connectivity index (χ0v) is 7.70. The Balaban J connectivity index is 2.71. The van der Waals surface area contributed by atoms with Crippen LogP contribution in [0, 0.1) is 0 Å². The van der Waals surface area contributed by atoms with Gasteiger partial charge in [0.05, 0.1) is 9.35 Å². The predicted octanol–water partition coefficient (Wildman–Crippen LogP) is -2.18. The van der Waals surface area contributed by atoms with Gasteiger partial charge in [0.2, 0.25) is 0 Å². The number of hydrogen-bond donors (Lipinski definition) is 4. The first-order valence-corrected chi connectivity index (χ1v) is 4.24. The molecule has 1 aliphatic rings. The Morgan fingerprint density at radius 1 is 1.29 bits per heavy atom. The minimum atomic E-state index is -2.06. The molecule has 0 aliphatic carbocycles. The number of ether oxygens (including phenoxy) is 2. The summed E-state index contributed by atoms with van der Waals surface area (Å²) in [6.45, 7) is -1.53. The fraction of sp³-hybridized carbons (Fsp3) is 1.00. The van der Waals surface area contributed by atoms with Crippen molar-refractivity contribution in [3.05, 3.63) is 0 Å². The van der Waals surface area contributed by atoms with Crippen molar-refractivity contribution in [2.45, 2.75) is 37.6 Å². The maximum Gasteiger partial charge on any atom is 0.186 e. The van der Waals surface area contributed by atoms with Gasteiger partial charge in [-0.25, -0.2) is 0 Å². The van der Waals surface area contributed by atoms with Crippen LogP contribution in [-0.2, 0) is 9.47 Å². The number of hydrogen-bond acceptors (Lipinski definition) is 6. The van der Waals surface area contributed by atoms with Crippen molar-refractivity contribution in [1.29, 1.82) is 0 Å². The highest BCUT2D eigenvalue weighted by Gasteiger charge is 2.43. The fourth-order valence-corrected chi connectivity index (χ4v) is 1.28. The molecule has 6 heteroatoms. The fourth-order valence-electron chi connectivity index (χ4n) is 1.28. The largest absolute Gasteiger partial charge is 0.394 e. The SMILES string of the molecule is [2H]C([2H])(C)O[C@@H]1O[C@H](CO)[C@H](O)[C@H](O)[C@H]1O. The monoisotopic (exact) mass is 210 g/mol. The second kappa shape index (κ2) is 5.01. The molecule has 0 spiro atoms. The van der Waals surface area contributed by atoms with E-state index in [-0.39, 0.29) is 0 Å².